The van der Waals surface area contributed by atoms with Crippen LogP contribution >= 0.6 is 0 Å². The molecule has 0 saturated heterocycles. The van der Waals surface area contributed by atoms with Crippen LogP contribution < -0.4 is 0 Å². The third-order valence-electron chi connectivity index (χ3n) is 13.0. The second-order valence-corrected chi connectivity index (χ2v) is 14.3. The molecule has 206 valence electrons. The molecule has 0 spiro atoms. The van der Waals surface area contributed by atoms with E-state index in [1.807, 2.05) is 6.92 Å². The average molecular weight is 515 g/mol. The number of hydrogen-bond acceptors (Lipinski definition) is 4. The number of carbonyl (C=O) groups is 2. The van der Waals surface area contributed by atoms with Crippen LogP contribution in [-0.2, 0) is 14.3 Å². The van der Waals surface area contributed by atoms with E-state index in [0.29, 0.717) is 18.8 Å². The maximum absolute atomic E-state index is 13.6. The summed E-state index contributed by atoms with van der Waals surface area (Å²) in [4.78, 5) is 26.5. The lowest BCUT2D eigenvalue weighted by atomic mass is 9.33. The van der Waals surface area contributed by atoms with Crippen molar-refractivity contribution in [1.82, 2.24) is 0 Å². The molecule has 0 heterocycles. The summed E-state index contributed by atoms with van der Waals surface area (Å²) < 4.78 is 5.93. The summed E-state index contributed by atoms with van der Waals surface area (Å²) in [5.41, 5.74) is -1.92. The topological polar surface area (TPSA) is 104 Å². The maximum Gasteiger partial charge on any atom is 0.314 e. The summed E-state index contributed by atoms with van der Waals surface area (Å²) in [5.74, 6) is -2.00. The average Bonchev–Trinajstić information content (AvgIpc) is 2.80. The first-order chi connectivity index (χ1) is 17.2. The molecular weight excluding hydrogens is 468 g/mol. The van der Waals surface area contributed by atoms with E-state index in [-0.39, 0.29) is 35.2 Å². The van der Waals surface area contributed by atoms with Crippen LogP contribution in [0.4, 0.5) is 0 Å². The van der Waals surface area contributed by atoms with E-state index in [2.05, 4.69) is 40.3 Å². The maximum atomic E-state index is 13.6. The van der Waals surface area contributed by atoms with Crippen molar-refractivity contribution in [2.45, 2.75) is 98.2 Å². The Bertz CT molecular complexity index is 1060. The number of methoxy groups -OCH3 is 1. The zero-order valence-electron chi connectivity index (χ0n) is 23.5. The quantitative estimate of drug-likeness (QED) is 0.418. The molecule has 0 aromatic rings. The number of carboxylic acids is 2. The molecule has 0 aliphatic heterocycles. The van der Waals surface area contributed by atoms with Crippen LogP contribution in [0.5, 0.6) is 0 Å². The van der Waals surface area contributed by atoms with Crippen LogP contribution in [0.3, 0.4) is 0 Å². The fourth-order valence-corrected chi connectivity index (χ4v) is 11.0. The van der Waals surface area contributed by atoms with Crippen molar-refractivity contribution in [3.05, 3.63) is 23.8 Å². The summed E-state index contributed by atoms with van der Waals surface area (Å²) in [5, 5.41) is 33.4. The van der Waals surface area contributed by atoms with E-state index in [9.17, 15) is 24.9 Å². The molecule has 6 heteroatoms. The van der Waals surface area contributed by atoms with Gasteiger partial charge in [-0.25, -0.2) is 0 Å². The zero-order valence-corrected chi connectivity index (χ0v) is 23.5. The lowest BCUT2D eigenvalue weighted by molar-refractivity contribution is -0.225. The van der Waals surface area contributed by atoms with Gasteiger partial charge in [0.1, 0.15) is 5.41 Å². The van der Waals surface area contributed by atoms with Gasteiger partial charge in [-0.3, -0.25) is 9.59 Å². The Labute approximate surface area is 221 Å². The largest absolute Gasteiger partial charge is 0.481 e. The monoisotopic (exact) mass is 514 g/mol. The van der Waals surface area contributed by atoms with Crippen LogP contribution in [0, 0.1) is 50.7 Å². The molecule has 5 rings (SSSR count). The minimum atomic E-state index is -1.41. The van der Waals surface area contributed by atoms with Crippen molar-refractivity contribution in [3.63, 3.8) is 0 Å². The highest BCUT2D eigenvalue weighted by atomic mass is 16.5. The Morgan fingerprint density at radius 3 is 2.27 bits per heavy atom. The lowest BCUT2D eigenvalue weighted by Crippen LogP contribution is -2.70. The molecular formula is C31H46O6. The van der Waals surface area contributed by atoms with E-state index in [4.69, 9.17) is 4.74 Å². The van der Waals surface area contributed by atoms with Crippen molar-refractivity contribution in [1.29, 1.82) is 0 Å². The first-order valence-electron chi connectivity index (χ1n) is 14.2. The number of aliphatic hydroxyl groups is 1. The molecule has 0 bridgehead atoms. The van der Waals surface area contributed by atoms with Crippen molar-refractivity contribution in [2.75, 3.05) is 7.11 Å². The van der Waals surface area contributed by atoms with E-state index in [1.165, 1.54) is 0 Å². The van der Waals surface area contributed by atoms with Crippen molar-refractivity contribution < 1.29 is 29.6 Å². The summed E-state index contributed by atoms with van der Waals surface area (Å²) in [7, 11) is 1.80. The Kier molecular flexibility index (Phi) is 5.95. The fourth-order valence-electron chi connectivity index (χ4n) is 11.0. The molecule has 37 heavy (non-hydrogen) atoms. The van der Waals surface area contributed by atoms with Gasteiger partial charge in [0.25, 0.3) is 0 Å². The van der Waals surface area contributed by atoms with E-state index in [1.54, 1.807) is 7.11 Å². The molecule has 0 radical (unpaired) electrons. The van der Waals surface area contributed by atoms with Gasteiger partial charge in [-0.15, -0.1) is 0 Å². The molecule has 5 aliphatic rings. The van der Waals surface area contributed by atoms with Gasteiger partial charge in [0.15, 0.2) is 0 Å². The van der Waals surface area contributed by atoms with E-state index in [0.717, 1.165) is 43.3 Å². The number of ether oxygens (including phenoxy) is 1. The fraction of sp³-hybridized carbons (Fsp3) is 0.806. The molecule has 0 amide bonds. The Hall–Kier alpha value is -1.66. The first kappa shape index (κ1) is 26.9. The number of aliphatic carboxylic acids is 2. The summed E-state index contributed by atoms with van der Waals surface area (Å²) >= 11 is 0. The third-order valence-corrected chi connectivity index (χ3v) is 13.0. The Morgan fingerprint density at radius 1 is 1.00 bits per heavy atom. The van der Waals surface area contributed by atoms with Gasteiger partial charge in [-0.05, 0) is 90.9 Å². The highest BCUT2D eigenvalue weighted by Gasteiger charge is 2.75. The van der Waals surface area contributed by atoms with Gasteiger partial charge in [-0.2, -0.15) is 0 Å². The van der Waals surface area contributed by atoms with E-state index < -0.39 is 40.2 Å². The highest BCUT2D eigenvalue weighted by molar-refractivity contribution is 5.85. The van der Waals surface area contributed by atoms with Crippen LogP contribution in [0.15, 0.2) is 23.8 Å². The molecule has 0 aromatic heterocycles. The smallest absolute Gasteiger partial charge is 0.314 e. The van der Waals surface area contributed by atoms with Crippen LogP contribution in [0.2, 0.25) is 0 Å². The number of fused-ring (bicyclic) bond motifs is 7. The highest BCUT2D eigenvalue weighted by Crippen LogP contribution is 2.76. The van der Waals surface area contributed by atoms with Crippen molar-refractivity contribution in [2.24, 2.45) is 50.7 Å². The minimum Gasteiger partial charge on any atom is -0.481 e. The number of hydrogen-bond donors (Lipinski definition) is 3. The molecule has 5 aliphatic carbocycles. The molecule has 4 fully saturated rings. The van der Waals surface area contributed by atoms with Crippen LogP contribution in [-0.4, -0.2) is 46.6 Å². The molecule has 0 aromatic carbocycles. The van der Waals surface area contributed by atoms with E-state index >= 15 is 0 Å². The van der Waals surface area contributed by atoms with Gasteiger partial charge in [0.2, 0.25) is 0 Å². The van der Waals surface area contributed by atoms with Crippen molar-refractivity contribution in [3.8, 4) is 0 Å². The van der Waals surface area contributed by atoms with Gasteiger partial charge < -0.3 is 20.1 Å². The lowest BCUT2D eigenvalue weighted by Gasteiger charge is -2.70. The minimum absolute atomic E-state index is 0.0267. The first-order valence-corrected chi connectivity index (χ1v) is 14.2. The predicted octanol–water partition coefficient (Wildman–Crippen LogP) is 5.70. The van der Waals surface area contributed by atoms with Crippen LogP contribution in [0.1, 0.15) is 86.0 Å². The molecule has 4 saturated carbocycles. The molecule has 10 atom stereocenters. The van der Waals surface area contributed by atoms with Gasteiger partial charge in [-0.1, -0.05) is 52.8 Å². The van der Waals surface area contributed by atoms with Crippen molar-refractivity contribution >= 4 is 11.9 Å². The SMILES string of the molecule is C=C1C(C)CCC2(C(=O)O)C(O)CC3(C(=O)O)C(=CCC4C5(C)CCC(OC)C(C)(C)C5CCC43C)C12. The predicted molar refractivity (Wildman–Crippen MR) is 141 cm³/mol. The molecule has 6 nitrogen and oxygen atoms in total. The number of rotatable bonds is 3. The standard InChI is InChI=1S/C31H46O6/c1-17-10-15-30(25(33)34)22(32)16-31(26(35)36)19(24(30)18(17)2)8-9-21-28(5)13-12-23(37-7)27(3,4)20(28)11-14-29(21,31)6/h8,17,20-24,32H,2,9-16H2,1,3-7H3,(H,33,34)(H,35,36). The number of carboxylic acid groups (broad SMARTS) is 2. The second-order valence-electron chi connectivity index (χ2n) is 14.3. The number of aliphatic hydroxyl groups excluding tert-OH is 1. The second kappa shape index (κ2) is 8.17. The molecule has 10 unspecified atom stereocenters. The summed E-state index contributed by atoms with van der Waals surface area (Å²) in [6.07, 6.45) is 6.28. The Morgan fingerprint density at radius 2 is 1.68 bits per heavy atom. The van der Waals surface area contributed by atoms with Gasteiger partial charge in [0.05, 0.1) is 17.6 Å². The zero-order chi connectivity index (χ0) is 27.3. The summed E-state index contributed by atoms with van der Waals surface area (Å²) in [6.45, 7) is 15.5. The normalized spacial score (nSPS) is 50.6. The summed E-state index contributed by atoms with van der Waals surface area (Å²) in [6, 6.07) is 0. The van der Waals surface area contributed by atoms with Gasteiger partial charge in [0, 0.05) is 13.0 Å². The molecule has 3 N–H and O–H groups in total. The van der Waals surface area contributed by atoms with Crippen LogP contribution in [0.25, 0.3) is 0 Å². The Balaban J connectivity index is 1.70. The van der Waals surface area contributed by atoms with Gasteiger partial charge >= 0.3 is 11.9 Å². The number of allylic oxidation sites excluding steroid dienone is 2. The third kappa shape index (κ3) is 3.00.